The van der Waals surface area contributed by atoms with Gasteiger partial charge in [-0.15, -0.1) is 11.3 Å². The van der Waals surface area contributed by atoms with E-state index >= 15 is 0 Å². The maximum atomic E-state index is 12.8. The standard InChI is InChI=1S/C20H25N5O3S/c1-11-12(10-21-24-11)15-9-13-16(29-15)18(26)23-17(22-13)14-7-5-6-8-25(14)19(27)28-20(2,3)4/h9-10,14H,5-8H2,1-4H3,(H,21,24)(H,22,23,26)/t14-/m0/s1. The van der Waals surface area contributed by atoms with Gasteiger partial charge in [0.2, 0.25) is 0 Å². The lowest BCUT2D eigenvalue weighted by Gasteiger charge is -2.36. The van der Waals surface area contributed by atoms with Gasteiger partial charge in [0.25, 0.3) is 5.56 Å². The van der Waals surface area contributed by atoms with Crippen molar-refractivity contribution < 1.29 is 9.53 Å². The molecule has 0 spiro atoms. The normalized spacial score (nSPS) is 17.7. The number of H-pyrrole nitrogens is 2. The first-order valence-corrected chi connectivity index (χ1v) is 10.6. The van der Waals surface area contributed by atoms with Crippen LogP contribution in [0.4, 0.5) is 4.79 Å². The monoisotopic (exact) mass is 415 g/mol. The van der Waals surface area contributed by atoms with Gasteiger partial charge in [-0.25, -0.2) is 9.78 Å². The minimum absolute atomic E-state index is 0.183. The largest absolute Gasteiger partial charge is 0.444 e. The smallest absolute Gasteiger partial charge is 0.410 e. The Morgan fingerprint density at radius 2 is 2.14 bits per heavy atom. The Balaban J connectivity index is 1.71. The second-order valence-electron chi connectivity index (χ2n) is 8.37. The number of nitrogens with zero attached hydrogens (tertiary/aromatic N) is 3. The van der Waals surface area contributed by atoms with Crippen molar-refractivity contribution in [2.24, 2.45) is 0 Å². The second-order valence-corrected chi connectivity index (χ2v) is 9.42. The van der Waals surface area contributed by atoms with E-state index in [4.69, 9.17) is 9.72 Å². The minimum atomic E-state index is -0.575. The van der Waals surface area contributed by atoms with Gasteiger partial charge in [-0.1, -0.05) is 0 Å². The molecule has 0 radical (unpaired) electrons. The molecule has 1 aliphatic rings. The van der Waals surface area contributed by atoms with Gasteiger partial charge in [-0.2, -0.15) is 5.10 Å². The molecular weight excluding hydrogens is 390 g/mol. The molecule has 1 atom stereocenters. The van der Waals surface area contributed by atoms with Crippen molar-refractivity contribution in [2.45, 2.75) is 58.6 Å². The zero-order valence-electron chi connectivity index (χ0n) is 17.0. The van der Waals surface area contributed by atoms with Gasteiger partial charge < -0.3 is 9.72 Å². The van der Waals surface area contributed by atoms with Crippen LogP contribution in [0.1, 0.15) is 57.6 Å². The van der Waals surface area contributed by atoms with Crippen molar-refractivity contribution in [1.29, 1.82) is 0 Å². The third-order valence-electron chi connectivity index (χ3n) is 4.94. The third kappa shape index (κ3) is 3.91. The Morgan fingerprint density at radius 3 is 2.83 bits per heavy atom. The van der Waals surface area contributed by atoms with Crippen LogP contribution in [0, 0.1) is 6.92 Å². The first kappa shape index (κ1) is 19.6. The van der Waals surface area contributed by atoms with Gasteiger partial charge in [-0.3, -0.25) is 14.8 Å². The molecule has 9 heteroatoms. The number of piperidine rings is 1. The van der Waals surface area contributed by atoms with Crippen LogP contribution >= 0.6 is 11.3 Å². The van der Waals surface area contributed by atoms with E-state index in [0.717, 1.165) is 35.4 Å². The maximum Gasteiger partial charge on any atom is 0.410 e. The summed E-state index contributed by atoms with van der Waals surface area (Å²) in [4.78, 5) is 35.8. The van der Waals surface area contributed by atoms with E-state index in [0.29, 0.717) is 22.6 Å². The summed E-state index contributed by atoms with van der Waals surface area (Å²) < 4.78 is 6.14. The van der Waals surface area contributed by atoms with Crippen LogP contribution in [0.15, 0.2) is 17.1 Å². The summed E-state index contributed by atoms with van der Waals surface area (Å²) >= 11 is 1.39. The number of fused-ring (bicyclic) bond motifs is 1. The molecule has 1 saturated heterocycles. The molecule has 0 bridgehead atoms. The number of hydrogen-bond acceptors (Lipinski definition) is 6. The Labute approximate surface area is 172 Å². The highest BCUT2D eigenvalue weighted by molar-refractivity contribution is 7.22. The fraction of sp³-hybridized carbons (Fsp3) is 0.500. The predicted molar refractivity (Wildman–Crippen MR) is 112 cm³/mol. The molecule has 8 nitrogen and oxygen atoms in total. The summed E-state index contributed by atoms with van der Waals surface area (Å²) in [6.07, 6.45) is 4.00. The molecule has 29 heavy (non-hydrogen) atoms. The summed E-state index contributed by atoms with van der Waals surface area (Å²) in [6, 6.07) is 1.62. The number of thiophene rings is 1. The van der Waals surface area contributed by atoms with Crippen molar-refractivity contribution >= 4 is 27.6 Å². The van der Waals surface area contributed by atoms with Crippen molar-refractivity contribution in [3.63, 3.8) is 0 Å². The average molecular weight is 416 g/mol. The van der Waals surface area contributed by atoms with E-state index in [9.17, 15) is 9.59 Å². The minimum Gasteiger partial charge on any atom is -0.444 e. The molecule has 0 aliphatic carbocycles. The van der Waals surface area contributed by atoms with Crippen molar-refractivity contribution in [3.8, 4) is 10.4 Å². The van der Waals surface area contributed by atoms with Crippen LogP contribution in [-0.4, -0.2) is 43.3 Å². The van der Waals surface area contributed by atoms with Crippen molar-refractivity contribution in [1.82, 2.24) is 25.1 Å². The van der Waals surface area contributed by atoms with Gasteiger partial charge in [0.15, 0.2) is 0 Å². The Hall–Kier alpha value is -2.68. The van der Waals surface area contributed by atoms with Gasteiger partial charge in [-0.05, 0) is 53.0 Å². The van der Waals surface area contributed by atoms with E-state index < -0.39 is 5.60 Å². The first-order chi connectivity index (χ1) is 13.7. The Kier molecular flexibility index (Phi) is 4.94. The Morgan fingerprint density at radius 1 is 1.34 bits per heavy atom. The van der Waals surface area contributed by atoms with Crippen LogP contribution in [-0.2, 0) is 4.74 Å². The number of carbonyl (C=O) groups excluding carboxylic acids is 1. The number of aromatic amines is 2. The number of rotatable bonds is 2. The van der Waals surface area contributed by atoms with Crippen LogP contribution in [0.2, 0.25) is 0 Å². The number of amides is 1. The molecule has 1 fully saturated rings. The second kappa shape index (κ2) is 7.29. The third-order valence-corrected chi connectivity index (χ3v) is 6.10. The lowest BCUT2D eigenvalue weighted by atomic mass is 10.0. The molecule has 0 aromatic carbocycles. The molecule has 0 saturated carbocycles. The zero-order chi connectivity index (χ0) is 20.8. The highest BCUT2D eigenvalue weighted by Gasteiger charge is 2.33. The topological polar surface area (TPSA) is 104 Å². The molecule has 154 valence electrons. The SMILES string of the molecule is Cc1[nH]ncc1-c1cc2nc([C@@H]3CCCCN3C(=O)OC(C)(C)C)[nH]c(=O)c2s1. The predicted octanol–water partition coefficient (Wildman–Crippen LogP) is 4.15. The summed E-state index contributed by atoms with van der Waals surface area (Å²) in [7, 11) is 0. The Bertz CT molecular complexity index is 1110. The summed E-state index contributed by atoms with van der Waals surface area (Å²) in [6.45, 7) is 8.07. The molecule has 4 rings (SSSR count). The summed E-state index contributed by atoms with van der Waals surface area (Å²) in [5.41, 5.74) is 1.78. The van der Waals surface area contributed by atoms with E-state index in [1.165, 1.54) is 11.3 Å². The molecule has 4 heterocycles. The number of aryl methyl sites for hydroxylation is 1. The first-order valence-electron chi connectivity index (χ1n) is 9.76. The van der Waals surface area contributed by atoms with Crippen LogP contribution in [0.3, 0.4) is 0 Å². The van der Waals surface area contributed by atoms with E-state index in [1.807, 2.05) is 33.8 Å². The number of ether oxygens (including phenoxy) is 1. The van der Waals surface area contributed by atoms with Gasteiger partial charge >= 0.3 is 6.09 Å². The fourth-order valence-corrected chi connectivity index (χ4v) is 4.66. The van der Waals surface area contributed by atoms with Crippen LogP contribution in [0.25, 0.3) is 20.7 Å². The van der Waals surface area contributed by atoms with Gasteiger partial charge in [0.1, 0.15) is 16.1 Å². The molecule has 3 aromatic rings. The van der Waals surface area contributed by atoms with Crippen molar-refractivity contribution in [2.75, 3.05) is 6.54 Å². The molecule has 2 N–H and O–H groups in total. The quantitative estimate of drug-likeness (QED) is 0.654. The number of likely N-dealkylation sites (tertiary alicyclic amines) is 1. The lowest BCUT2D eigenvalue weighted by Crippen LogP contribution is -2.42. The highest BCUT2D eigenvalue weighted by Crippen LogP contribution is 2.34. The van der Waals surface area contributed by atoms with Crippen LogP contribution < -0.4 is 5.56 Å². The van der Waals surface area contributed by atoms with Crippen molar-refractivity contribution in [3.05, 3.63) is 34.1 Å². The molecule has 1 amide bonds. The number of hydrogen-bond donors (Lipinski definition) is 2. The van der Waals surface area contributed by atoms with E-state index in [1.54, 1.807) is 11.1 Å². The van der Waals surface area contributed by atoms with E-state index in [-0.39, 0.29) is 17.7 Å². The molecule has 3 aromatic heterocycles. The number of nitrogens with one attached hydrogen (secondary N) is 2. The number of aromatic nitrogens is 4. The molecule has 1 aliphatic heterocycles. The van der Waals surface area contributed by atoms with Gasteiger partial charge in [0, 0.05) is 22.7 Å². The summed E-state index contributed by atoms with van der Waals surface area (Å²) in [5, 5.41) is 6.98. The molecule has 0 unspecified atom stereocenters. The van der Waals surface area contributed by atoms with E-state index in [2.05, 4.69) is 15.2 Å². The maximum absolute atomic E-state index is 12.8. The fourth-order valence-electron chi connectivity index (χ4n) is 3.60. The average Bonchev–Trinajstić information content (AvgIpc) is 3.26. The summed E-state index contributed by atoms with van der Waals surface area (Å²) in [5.74, 6) is 0.515. The number of carbonyl (C=O) groups is 1. The highest BCUT2D eigenvalue weighted by atomic mass is 32.1. The van der Waals surface area contributed by atoms with Gasteiger partial charge in [0.05, 0.1) is 17.8 Å². The lowest BCUT2D eigenvalue weighted by molar-refractivity contribution is 0.00845. The molecular formula is C20H25N5O3S. The van der Waals surface area contributed by atoms with Crippen LogP contribution in [0.5, 0.6) is 0 Å². The zero-order valence-corrected chi connectivity index (χ0v) is 17.9.